The summed E-state index contributed by atoms with van der Waals surface area (Å²) in [6, 6.07) is 0.384. The summed E-state index contributed by atoms with van der Waals surface area (Å²) in [5, 5.41) is 8.23. The monoisotopic (exact) mass is 166 g/mol. The molecule has 2 nitrogen and oxygen atoms in total. The fourth-order valence-corrected chi connectivity index (χ4v) is 1.64. The lowest BCUT2D eigenvalue weighted by molar-refractivity contribution is 0.308. The molecule has 1 rings (SSSR count). The van der Waals surface area contributed by atoms with Gasteiger partial charge in [0.05, 0.1) is 6.04 Å². The van der Waals surface area contributed by atoms with E-state index < -0.39 is 0 Å². The zero-order valence-electron chi connectivity index (χ0n) is 8.36. The summed E-state index contributed by atoms with van der Waals surface area (Å²) in [4.78, 5) is 0. The third kappa shape index (κ3) is 1.93. The highest BCUT2D eigenvalue weighted by atomic mass is 15.1. The smallest absolute Gasteiger partial charge is 0.0800 e. The summed E-state index contributed by atoms with van der Waals surface area (Å²) >= 11 is 0. The van der Waals surface area contributed by atoms with Crippen molar-refractivity contribution >= 4 is 0 Å². The van der Waals surface area contributed by atoms with Crippen molar-refractivity contribution in [2.75, 3.05) is 0 Å². The van der Waals surface area contributed by atoms with Gasteiger partial charge in [-0.25, -0.2) is 0 Å². The highest BCUT2D eigenvalue weighted by molar-refractivity contribution is 4.98. The maximum absolute atomic E-state index is 4.27. The molecule has 0 bridgehead atoms. The van der Waals surface area contributed by atoms with Crippen molar-refractivity contribution in [3.05, 3.63) is 12.3 Å². The third-order valence-electron chi connectivity index (χ3n) is 2.42. The van der Waals surface area contributed by atoms with Gasteiger partial charge in [0.1, 0.15) is 0 Å². The summed E-state index contributed by atoms with van der Waals surface area (Å²) in [5.74, 6) is 1.82. The van der Waals surface area contributed by atoms with Gasteiger partial charge in [-0.3, -0.25) is 0 Å². The first kappa shape index (κ1) is 9.43. The normalized spacial score (nSPS) is 28.8. The van der Waals surface area contributed by atoms with Crippen molar-refractivity contribution in [3.8, 4) is 0 Å². The Bertz CT molecular complexity index is 170. The molecule has 12 heavy (non-hydrogen) atoms. The van der Waals surface area contributed by atoms with Crippen LogP contribution in [0.5, 0.6) is 0 Å². The molecule has 0 amide bonds. The first-order chi connectivity index (χ1) is 5.63. The van der Waals surface area contributed by atoms with Crippen molar-refractivity contribution in [3.63, 3.8) is 0 Å². The molecule has 0 saturated heterocycles. The molecule has 0 saturated carbocycles. The van der Waals surface area contributed by atoms with Crippen LogP contribution >= 0.6 is 0 Å². The van der Waals surface area contributed by atoms with E-state index in [1.165, 1.54) is 0 Å². The van der Waals surface area contributed by atoms with Crippen molar-refractivity contribution in [2.45, 2.75) is 33.7 Å². The van der Waals surface area contributed by atoms with Gasteiger partial charge in [-0.2, -0.15) is 10.2 Å². The molecular weight excluding hydrogens is 148 g/mol. The Hall–Kier alpha value is -0.660. The number of hydrogen-bond acceptors (Lipinski definition) is 2. The fraction of sp³-hybridized carbons (Fsp3) is 0.800. The molecule has 0 spiro atoms. The van der Waals surface area contributed by atoms with Gasteiger partial charge in [0, 0.05) is 12.1 Å². The zero-order valence-corrected chi connectivity index (χ0v) is 8.36. The Morgan fingerprint density at radius 2 is 1.75 bits per heavy atom. The van der Waals surface area contributed by atoms with E-state index in [0.29, 0.717) is 23.8 Å². The Kier molecular flexibility index (Phi) is 3.01. The predicted octanol–water partition coefficient (Wildman–Crippen LogP) is 3.26. The minimum absolute atomic E-state index is 0.384. The van der Waals surface area contributed by atoms with E-state index in [4.69, 9.17) is 0 Å². The van der Waals surface area contributed by atoms with Gasteiger partial charge in [-0.05, 0) is 11.8 Å². The van der Waals surface area contributed by atoms with Gasteiger partial charge in [-0.15, -0.1) is 0 Å². The van der Waals surface area contributed by atoms with Gasteiger partial charge in [0.25, 0.3) is 0 Å². The quantitative estimate of drug-likeness (QED) is 0.601. The van der Waals surface area contributed by atoms with Crippen LogP contribution < -0.4 is 0 Å². The SMILES string of the molecule is CC(C)C1C=CN=NC1C(C)C. The van der Waals surface area contributed by atoms with Crippen LogP contribution in [-0.4, -0.2) is 6.04 Å². The maximum atomic E-state index is 4.27. The highest BCUT2D eigenvalue weighted by Gasteiger charge is 2.26. The third-order valence-corrected chi connectivity index (χ3v) is 2.42. The Labute approximate surface area is 74.8 Å². The topological polar surface area (TPSA) is 24.7 Å². The number of hydrogen-bond donors (Lipinski definition) is 0. The molecule has 2 atom stereocenters. The molecule has 0 N–H and O–H groups in total. The Balaban J connectivity index is 2.71. The summed E-state index contributed by atoms with van der Waals surface area (Å²) in [6.45, 7) is 8.90. The molecule has 0 aliphatic carbocycles. The first-order valence-electron chi connectivity index (χ1n) is 4.69. The van der Waals surface area contributed by atoms with Gasteiger partial charge in [0.15, 0.2) is 0 Å². The van der Waals surface area contributed by atoms with E-state index in [2.05, 4.69) is 44.0 Å². The summed E-state index contributed by atoms with van der Waals surface area (Å²) in [6.07, 6.45) is 4.01. The van der Waals surface area contributed by atoms with Crippen molar-refractivity contribution in [2.24, 2.45) is 28.0 Å². The molecule has 0 aromatic carbocycles. The maximum Gasteiger partial charge on any atom is 0.0800 e. The van der Waals surface area contributed by atoms with Crippen LogP contribution in [0.15, 0.2) is 22.5 Å². The molecule has 0 aromatic heterocycles. The second kappa shape index (κ2) is 3.83. The van der Waals surface area contributed by atoms with Crippen LogP contribution in [0.1, 0.15) is 27.7 Å². The number of rotatable bonds is 2. The minimum atomic E-state index is 0.384. The standard InChI is InChI=1S/C10H18N2/c1-7(2)9-5-6-11-12-10(9)8(3)4/h5-10H,1-4H3. The van der Waals surface area contributed by atoms with Gasteiger partial charge < -0.3 is 0 Å². The minimum Gasteiger partial charge on any atom is -0.185 e. The van der Waals surface area contributed by atoms with E-state index in [0.717, 1.165) is 0 Å². The Morgan fingerprint density at radius 1 is 1.08 bits per heavy atom. The van der Waals surface area contributed by atoms with Crippen LogP contribution in [-0.2, 0) is 0 Å². The molecule has 1 aliphatic rings. The predicted molar refractivity (Wildman–Crippen MR) is 51.0 cm³/mol. The van der Waals surface area contributed by atoms with E-state index in [1.54, 1.807) is 0 Å². The average Bonchev–Trinajstić information content (AvgIpc) is 2.04. The lowest BCUT2D eigenvalue weighted by atomic mass is 9.83. The zero-order chi connectivity index (χ0) is 9.14. The van der Waals surface area contributed by atoms with E-state index in [1.807, 2.05) is 6.20 Å². The lowest BCUT2D eigenvalue weighted by Gasteiger charge is -2.28. The highest BCUT2D eigenvalue weighted by Crippen LogP contribution is 2.27. The van der Waals surface area contributed by atoms with Crippen LogP contribution in [0.3, 0.4) is 0 Å². The molecule has 2 unspecified atom stereocenters. The Morgan fingerprint density at radius 3 is 2.17 bits per heavy atom. The van der Waals surface area contributed by atoms with Crippen molar-refractivity contribution < 1.29 is 0 Å². The second-order valence-corrected chi connectivity index (χ2v) is 4.13. The van der Waals surface area contributed by atoms with Gasteiger partial charge in [-0.1, -0.05) is 33.8 Å². The van der Waals surface area contributed by atoms with Gasteiger partial charge in [0.2, 0.25) is 0 Å². The molecule has 0 fully saturated rings. The van der Waals surface area contributed by atoms with Crippen LogP contribution in [0.4, 0.5) is 0 Å². The summed E-state index contributed by atoms with van der Waals surface area (Å²) in [7, 11) is 0. The largest absolute Gasteiger partial charge is 0.185 e. The number of nitrogens with zero attached hydrogens (tertiary/aromatic N) is 2. The number of azo groups is 1. The van der Waals surface area contributed by atoms with E-state index >= 15 is 0 Å². The molecule has 1 aliphatic heterocycles. The van der Waals surface area contributed by atoms with Crippen LogP contribution in [0.2, 0.25) is 0 Å². The first-order valence-corrected chi connectivity index (χ1v) is 4.69. The average molecular weight is 166 g/mol. The fourth-order valence-electron chi connectivity index (χ4n) is 1.64. The van der Waals surface area contributed by atoms with Crippen molar-refractivity contribution in [1.29, 1.82) is 0 Å². The van der Waals surface area contributed by atoms with E-state index in [-0.39, 0.29) is 0 Å². The van der Waals surface area contributed by atoms with Crippen molar-refractivity contribution in [1.82, 2.24) is 0 Å². The molecule has 0 aromatic rings. The molecule has 68 valence electrons. The van der Waals surface area contributed by atoms with Gasteiger partial charge >= 0.3 is 0 Å². The lowest BCUT2D eigenvalue weighted by Crippen LogP contribution is -2.27. The van der Waals surface area contributed by atoms with Crippen LogP contribution in [0, 0.1) is 17.8 Å². The van der Waals surface area contributed by atoms with E-state index in [9.17, 15) is 0 Å². The molecule has 1 heterocycles. The van der Waals surface area contributed by atoms with Crippen LogP contribution in [0.25, 0.3) is 0 Å². The summed E-state index contributed by atoms with van der Waals surface area (Å²) in [5.41, 5.74) is 0. The molecule has 2 heteroatoms. The summed E-state index contributed by atoms with van der Waals surface area (Å²) < 4.78 is 0. The second-order valence-electron chi connectivity index (χ2n) is 4.13. The molecule has 0 radical (unpaired) electrons. The molecular formula is C10H18N2.